The Hall–Kier alpha value is -1.93. The Morgan fingerprint density at radius 2 is 1.83 bits per heavy atom. The molecule has 0 saturated carbocycles. The highest BCUT2D eigenvalue weighted by Gasteiger charge is 2.26. The van der Waals surface area contributed by atoms with Crippen LogP contribution >= 0.6 is 27.5 Å². The molecule has 0 unspecified atom stereocenters. The van der Waals surface area contributed by atoms with E-state index in [0.717, 1.165) is 5.56 Å². The van der Waals surface area contributed by atoms with E-state index in [0.29, 0.717) is 22.8 Å². The zero-order chi connectivity index (χ0) is 18.6. The highest BCUT2D eigenvalue weighted by Crippen LogP contribution is 2.37. The van der Waals surface area contributed by atoms with Crippen LogP contribution in [-0.2, 0) is 0 Å². The summed E-state index contributed by atoms with van der Waals surface area (Å²) in [7, 11) is 0. The third-order valence-corrected chi connectivity index (χ3v) is 3.76. The first-order valence-corrected chi connectivity index (χ1v) is 7.72. The standard InChI is InChI=1S/C9H11ClO.C6H2BrF2NO3/c1-6(2)8-5-7(10)3-4-9(8)11;7-2-1-3(8)4(9)5(6(2)11)10(12)13/h3-6,11H,1-2H3;1,11H. The number of phenolic OH excluding ortho intramolecular Hbond substituents is 2. The summed E-state index contributed by atoms with van der Waals surface area (Å²) in [6.45, 7) is 4.04. The number of hydrogen-bond donors (Lipinski definition) is 2. The lowest BCUT2D eigenvalue weighted by atomic mass is 10.0. The number of rotatable bonds is 2. The zero-order valence-corrected chi connectivity index (χ0v) is 14.9. The summed E-state index contributed by atoms with van der Waals surface area (Å²) < 4.78 is 25.0. The topological polar surface area (TPSA) is 83.6 Å². The summed E-state index contributed by atoms with van der Waals surface area (Å²) in [6, 6.07) is 5.71. The van der Waals surface area contributed by atoms with E-state index in [9.17, 15) is 24.0 Å². The second-order valence-electron chi connectivity index (χ2n) is 4.97. The fourth-order valence-electron chi connectivity index (χ4n) is 1.73. The number of phenols is 2. The van der Waals surface area contributed by atoms with Crippen molar-refractivity contribution in [1.82, 2.24) is 0 Å². The first-order chi connectivity index (χ1) is 11.1. The number of hydrogen-bond acceptors (Lipinski definition) is 4. The van der Waals surface area contributed by atoms with Crippen molar-refractivity contribution >= 4 is 33.2 Å². The molecule has 0 radical (unpaired) electrons. The summed E-state index contributed by atoms with van der Waals surface area (Å²) in [6.07, 6.45) is 0. The molecule has 2 N–H and O–H groups in total. The Balaban J connectivity index is 0.000000243. The van der Waals surface area contributed by atoms with Crippen LogP contribution in [0.15, 0.2) is 28.7 Å². The Bertz CT molecular complexity index is 745. The van der Waals surface area contributed by atoms with Crippen LogP contribution in [-0.4, -0.2) is 15.1 Å². The fraction of sp³-hybridized carbons (Fsp3) is 0.200. The van der Waals surface area contributed by atoms with Crippen LogP contribution in [0.4, 0.5) is 14.5 Å². The number of nitrogens with zero attached hydrogens (tertiary/aromatic N) is 1. The van der Waals surface area contributed by atoms with Gasteiger partial charge < -0.3 is 10.2 Å². The molecule has 0 saturated heterocycles. The molecule has 2 aromatic carbocycles. The molecule has 0 atom stereocenters. The lowest BCUT2D eigenvalue weighted by Gasteiger charge is -2.07. The molecule has 0 aromatic heterocycles. The van der Waals surface area contributed by atoms with Gasteiger partial charge >= 0.3 is 5.69 Å². The van der Waals surface area contributed by atoms with E-state index in [1.54, 1.807) is 18.2 Å². The van der Waals surface area contributed by atoms with Gasteiger partial charge in [0.05, 0.1) is 9.40 Å². The van der Waals surface area contributed by atoms with Crippen LogP contribution in [0.5, 0.6) is 11.5 Å². The third kappa shape index (κ3) is 4.78. The maximum Gasteiger partial charge on any atom is 0.350 e. The van der Waals surface area contributed by atoms with Crippen molar-refractivity contribution in [2.24, 2.45) is 0 Å². The van der Waals surface area contributed by atoms with Crippen molar-refractivity contribution in [3.63, 3.8) is 0 Å². The average molecular weight is 425 g/mol. The molecule has 24 heavy (non-hydrogen) atoms. The average Bonchev–Trinajstić information content (AvgIpc) is 2.48. The van der Waals surface area contributed by atoms with Crippen LogP contribution < -0.4 is 0 Å². The van der Waals surface area contributed by atoms with E-state index in [4.69, 9.17) is 16.7 Å². The smallest absolute Gasteiger partial charge is 0.350 e. The second kappa shape index (κ2) is 8.25. The fourth-order valence-corrected chi connectivity index (χ4v) is 2.30. The molecule has 9 heteroatoms. The number of aromatic hydroxyl groups is 2. The predicted octanol–water partition coefficient (Wildman–Crippen LogP) is 5.51. The van der Waals surface area contributed by atoms with Crippen LogP contribution in [0.3, 0.4) is 0 Å². The molecule has 2 rings (SSSR count). The molecule has 0 aliphatic carbocycles. The normalized spacial score (nSPS) is 10.3. The minimum Gasteiger partial charge on any atom is -0.508 e. The van der Waals surface area contributed by atoms with Gasteiger partial charge in [-0.3, -0.25) is 10.1 Å². The van der Waals surface area contributed by atoms with Crippen molar-refractivity contribution in [1.29, 1.82) is 0 Å². The lowest BCUT2D eigenvalue weighted by Crippen LogP contribution is -1.96. The number of benzene rings is 2. The first-order valence-electron chi connectivity index (χ1n) is 6.55. The molecule has 5 nitrogen and oxygen atoms in total. The Labute approximate surface area is 149 Å². The van der Waals surface area contributed by atoms with E-state index >= 15 is 0 Å². The van der Waals surface area contributed by atoms with Crippen LogP contribution in [0.2, 0.25) is 5.02 Å². The summed E-state index contributed by atoms with van der Waals surface area (Å²) in [5, 5.41) is 29.2. The van der Waals surface area contributed by atoms with E-state index in [-0.39, 0.29) is 4.47 Å². The quantitative estimate of drug-likeness (QED) is 0.378. The van der Waals surface area contributed by atoms with Crippen LogP contribution in [0.1, 0.15) is 25.3 Å². The minimum absolute atomic E-state index is 0.266. The highest BCUT2D eigenvalue weighted by molar-refractivity contribution is 9.10. The van der Waals surface area contributed by atoms with Crippen molar-refractivity contribution in [3.05, 3.63) is 61.1 Å². The molecule has 130 valence electrons. The van der Waals surface area contributed by atoms with Crippen molar-refractivity contribution in [2.45, 2.75) is 19.8 Å². The van der Waals surface area contributed by atoms with Gasteiger partial charge in [0, 0.05) is 5.02 Å². The van der Waals surface area contributed by atoms with Gasteiger partial charge in [0.15, 0.2) is 5.82 Å². The summed E-state index contributed by atoms with van der Waals surface area (Å²) in [5.41, 5.74) is -0.371. The predicted molar refractivity (Wildman–Crippen MR) is 89.6 cm³/mol. The van der Waals surface area contributed by atoms with Crippen molar-refractivity contribution < 1.29 is 23.9 Å². The lowest BCUT2D eigenvalue weighted by molar-refractivity contribution is -0.388. The SMILES string of the molecule is CC(C)c1cc(Cl)ccc1O.O=[N+]([O-])c1c(O)c(Br)cc(F)c1F. The molecule has 0 spiro atoms. The van der Waals surface area contributed by atoms with Crippen molar-refractivity contribution in [2.75, 3.05) is 0 Å². The van der Waals surface area contributed by atoms with E-state index in [1.807, 2.05) is 13.8 Å². The maximum atomic E-state index is 12.7. The largest absolute Gasteiger partial charge is 0.508 e. The molecule has 2 aromatic rings. The van der Waals surface area contributed by atoms with Gasteiger partial charge in [0.2, 0.25) is 11.6 Å². The maximum absolute atomic E-state index is 12.7. The zero-order valence-electron chi connectivity index (χ0n) is 12.6. The van der Waals surface area contributed by atoms with E-state index in [1.165, 1.54) is 0 Å². The molecule has 0 amide bonds. The summed E-state index contributed by atoms with van der Waals surface area (Å²) in [4.78, 5) is 8.97. The molecule has 0 fully saturated rings. The summed E-state index contributed by atoms with van der Waals surface area (Å²) >= 11 is 8.39. The molecule has 0 bridgehead atoms. The van der Waals surface area contributed by atoms with Gasteiger partial charge in [-0.2, -0.15) is 4.39 Å². The van der Waals surface area contributed by atoms with Crippen LogP contribution in [0, 0.1) is 21.7 Å². The van der Waals surface area contributed by atoms with Gasteiger partial charge in [0.1, 0.15) is 5.75 Å². The minimum atomic E-state index is -1.68. The van der Waals surface area contributed by atoms with E-state index < -0.39 is 28.0 Å². The number of nitro benzene ring substituents is 1. The first kappa shape index (κ1) is 20.1. The van der Waals surface area contributed by atoms with Gasteiger partial charge in [-0.1, -0.05) is 25.4 Å². The van der Waals surface area contributed by atoms with Crippen molar-refractivity contribution in [3.8, 4) is 11.5 Å². The summed E-state index contributed by atoms with van der Waals surface area (Å²) in [5.74, 6) is -3.36. The molecular weight excluding hydrogens is 412 g/mol. The van der Waals surface area contributed by atoms with Gasteiger partial charge in [-0.05, 0) is 51.7 Å². The van der Waals surface area contributed by atoms with Gasteiger partial charge in [-0.25, -0.2) is 4.39 Å². The third-order valence-electron chi connectivity index (χ3n) is 2.92. The molecule has 0 aliphatic heterocycles. The second-order valence-corrected chi connectivity index (χ2v) is 6.26. The molecule has 0 aliphatic rings. The number of nitro groups is 1. The monoisotopic (exact) mass is 423 g/mol. The van der Waals surface area contributed by atoms with Gasteiger partial charge in [0.25, 0.3) is 0 Å². The van der Waals surface area contributed by atoms with Crippen LogP contribution in [0.25, 0.3) is 0 Å². The number of halogens is 4. The Kier molecular flexibility index (Phi) is 6.92. The molecule has 0 heterocycles. The highest BCUT2D eigenvalue weighted by atomic mass is 79.9. The molecular formula is C15H13BrClF2NO4. The van der Waals surface area contributed by atoms with Gasteiger partial charge in [-0.15, -0.1) is 0 Å². The van der Waals surface area contributed by atoms with E-state index in [2.05, 4.69) is 15.9 Å². The Morgan fingerprint density at radius 1 is 1.25 bits per heavy atom. The Morgan fingerprint density at radius 3 is 2.29 bits per heavy atom.